The Bertz CT molecular complexity index is 771. The molecule has 5 nitrogen and oxygen atoms in total. The van der Waals surface area contributed by atoms with Crippen LogP contribution >= 0.6 is 0 Å². The second-order valence-electron chi connectivity index (χ2n) is 4.23. The predicted octanol–water partition coefficient (Wildman–Crippen LogP) is 1.63. The maximum atomic E-state index is 11.8. The Morgan fingerprint density at radius 3 is 2.72 bits per heavy atom. The predicted molar refractivity (Wildman–Crippen MR) is 69.3 cm³/mol. The van der Waals surface area contributed by atoms with E-state index in [2.05, 4.69) is 15.1 Å². The Labute approximate surface area is 103 Å². The number of aromatic nitrogens is 4. The summed E-state index contributed by atoms with van der Waals surface area (Å²) >= 11 is 0. The van der Waals surface area contributed by atoms with Gasteiger partial charge in [0.15, 0.2) is 5.65 Å². The smallest absolute Gasteiger partial charge is 0.271 e. The summed E-state index contributed by atoms with van der Waals surface area (Å²) in [5, 5.41) is 3.31. The zero-order chi connectivity index (χ0) is 12.7. The van der Waals surface area contributed by atoms with Crippen molar-refractivity contribution in [2.75, 3.05) is 0 Å². The Balaban J connectivity index is 2.35. The van der Waals surface area contributed by atoms with Crippen molar-refractivity contribution >= 4 is 11.0 Å². The molecule has 0 aliphatic rings. The van der Waals surface area contributed by atoms with Crippen LogP contribution in [0.4, 0.5) is 0 Å². The van der Waals surface area contributed by atoms with Crippen molar-refractivity contribution in [2.45, 2.75) is 6.92 Å². The van der Waals surface area contributed by atoms with Crippen LogP contribution in [-0.4, -0.2) is 19.7 Å². The molecule has 0 amide bonds. The summed E-state index contributed by atoms with van der Waals surface area (Å²) in [4.78, 5) is 20.2. The van der Waals surface area contributed by atoms with Gasteiger partial charge in [0, 0.05) is 30.7 Å². The van der Waals surface area contributed by atoms with Gasteiger partial charge in [0.2, 0.25) is 0 Å². The van der Waals surface area contributed by atoms with Gasteiger partial charge in [0.05, 0.1) is 5.39 Å². The van der Waals surface area contributed by atoms with Crippen molar-refractivity contribution in [3.05, 3.63) is 46.6 Å². The van der Waals surface area contributed by atoms with Gasteiger partial charge in [-0.25, -0.2) is 4.98 Å². The number of pyridine rings is 2. The fourth-order valence-corrected chi connectivity index (χ4v) is 2.10. The highest BCUT2D eigenvalue weighted by atomic mass is 16.1. The van der Waals surface area contributed by atoms with Crippen LogP contribution in [0.2, 0.25) is 0 Å². The lowest BCUT2D eigenvalue weighted by atomic mass is 10.1. The van der Waals surface area contributed by atoms with Gasteiger partial charge in [-0.3, -0.25) is 19.6 Å². The minimum absolute atomic E-state index is 0.115. The molecule has 0 saturated carbocycles. The molecule has 0 saturated heterocycles. The van der Waals surface area contributed by atoms with E-state index in [0.29, 0.717) is 11.0 Å². The molecule has 0 spiro atoms. The van der Waals surface area contributed by atoms with Crippen LogP contribution in [0.1, 0.15) is 5.69 Å². The normalized spacial score (nSPS) is 11.0. The van der Waals surface area contributed by atoms with Crippen LogP contribution in [0, 0.1) is 6.92 Å². The van der Waals surface area contributed by atoms with E-state index in [1.807, 2.05) is 25.1 Å². The molecule has 0 bridgehead atoms. The second kappa shape index (κ2) is 3.80. The maximum Gasteiger partial charge on any atom is 0.273 e. The summed E-state index contributed by atoms with van der Waals surface area (Å²) in [5.41, 5.74) is 3.43. The van der Waals surface area contributed by atoms with E-state index < -0.39 is 0 Å². The summed E-state index contributed by atoms with van der Waals surface area (Å²) in [6, 6.07) is 5.70. The van der Waals surface area contributed by atoms with E-state index in [4.69, 9.17) is 0 Å². The lowest BCUT2D eigenvalue weighted by molar-refractivity contribution is 0.773. The quantitative estimate of drug-likeness (QED) is 0.703. The molecular formula is C13H12N4O. The first-order chi connectivity index (χ1) is 8.66. The Hall–Kier alpha value is -2.43. The molecule has 3 heterocycles. The van der Waals surface area contributed by atoms with Crippen molar-refractivity contribution in [3.8, 4) is 11.1 Å². The monoisotopic (exact) mass is 240 g/mol. The molecule has 3 aromatic heterocycles. The molecule has 18 heavy (non-hydrogen) atoms. The van der Waals surface area contributed by atoms with E-state index >= 15 is 0 Å². The first-order valence-electron chi connectivity index (χ1n) is 5.63. The van der Waals surface area contributed by atoms with E-state index in [-0.39, 0.29) is 5.56 Å². The highest BCUT2D eigenvalue weighted by molar-refractivity contribution is 5.82. The van der Waals surface area contributed by atoms with Gasteiger partial charge in [-0.2, -0.15) is 0 Å². The van der Waals surface area contributed by atoms with Crippen molar-refractivity contribution in [1.29, 1.82) is 0 Å². The first-order valence-corrected chi connectivity index (χ1v) is 5.63. The summed E-state index contributed by atoms with van der Waals surface area (Å²) in [6.45, 7) is 1.94. The standard InChI is InChI=1S/C13H12N4O/c1-8-10(9-3-5-14-6-4-9)7-11-12(15-8)17(2)16-13(11)18/h3-7H,1-2H3,(H,16,18). The fourth-order valence-electron chi connectivity index (χ4n) is 2.10. The van der Waals surface area contributed by atoms with Crippen LogP contribution in [0.15, 0.2) is 35.4 Å². The highest BCUT2D eigenvalue weighted by Gasteiger charge is 2.10. The molecule has 0 aromatic carbocycles. The zero-order valence-corrected chi connectivity index (χ0v) is 10.1. The number of fused-ring (bicyclic) bond motifs is 1. The van der Waals surface area contributed by atoms with E-state index in [1.54, 1.807) is 24.1 Å². The van der Waals surface area contributed by atoms with Crippen molar-refractivity contribution in [1.82, 2.24) is 19.7 Å². The molecule has 5 heteroatoms. The fraction of sp³-hybridized carbons (Fsp3) is 0.154. The van der Waals surface area contributed by atoms with Crippen LogP contribution in [0.25, 0.3) is 22.2 Å². The third kappa shape index (κ3) is 1.52. The number of rotatable bonds is 1. The average molecular weight is 240 g/mol. The Morgan fingerprint density at radius 2 is 2.00 bits per heavy atom. The molecule has 3 aromatic rings. The minimum atomic E-state index is -0.115. The van der Waals surface area contributed by atoms with Crippen molar-refractivity contribution in [2.24, 2.45) is 7.05 Å². The molecular weight excluding hydrogens is 228 g/mol. The average Bonchev–Trinajstić information content (AvgIpc) is 2.65. The van der Waals surface area contributed by atoms with Crippen LogP contribution in [0.3, 0.4) is 0 Å². The van der Waals surface area contributed by atoms with Crippen LogP contribution in [-0.2, 0) is 7.05 Å². The zero-order valence-electron chi connectivity index (χ0n) is 10.1. The van der Waals surface area contributed by atoms with E-state index in [1.165, 1.54) is 0 Å². The second-order valence-corrected chi connectivity index (χ2v) is 4.23. The third-order valence-corrected chi connectivity index (χ3v) is 3.02. The van der Waals surface area contributed by atoms with E-state index in [0.717, 1.165) is 16.8 Å². The highest BCUT2D eigenvalue weighted by Crippen LogP contribution is 2.23. The van der Waals surface area contributed by atoms with Crippen LogP contribution in [0.5, 0.6) is 0 Å². The number of hydrogen-bond acceptors (Lipinski definition) is 3. The SMILES string of the molecule is Cc1nc2c(cc1-c1ccncc1)c(=O)[nH]n2C. The number of aryl methyl sites for hydroxylation is 2. The molecule has 0 fully saturated rings. The minimum Gasteiger partial charge on any atom is -0.271 e. The van der Waals surface area contributed by atoms with Gasteiger partial charge in [0.1, 0.15) is 0 Å². The van der Waals surface area contributed by atoms with Gasteiger partial charge >= 0.3 is 0 Å². The van der Waals surface area contributed by atoms with Crippen molar-refractivity contribution < 1.29 is 0 Å². The van der Waals surface area contributed by atoms with Gasteiger partial charge in [0.25, 0.3) is 5.56 Å². The summed E-state index contributed by atoms with van der Waals surface area (Å²) in [5.74, 6) is 0. The molecule has 0 aliphatic heterocycles. The number of nitrogens with zero attached hydrogens (tertiary/aromatic N) is 3. The molecule has 0 unspecified atom stereocenters. The lowest BCUT2D eigenvalue weighted by Crippen LogP contribution is -2.01. The summed E-state index contributed by atoms with van der Waals surface area (Å²) < 4.78 is 1.64. The lowest BCUT2D eigenvalue weighted by Gasteiger charge is -2.05. The third-order valence-electron chi connectivity index (χ3n) is 3.02. The van der Waals surface area contributed by atoms with E-state index in [9.17, 15) is 4.79 Å². The van der Waals surface area contributed by atoms with Crippen LogP contribution < -0.4 is 5.56 Å². The Morgan fingerprint density at radius 1 is 1.28 bits per heavy atom. The summed E-state index contributed by atoms with van der Waals surface area (Å²) in [6.07, 6.45) is 3.46. The van der Waals surface area contributed by atoms with Gasteiger partial charge < -0.3 is 0 Å². The van der Waals surface area contributed by atoms with Gasteiger partial charge in [-0.05, 0) is 30.7 Å². The maximum absolute atomic E-state index is 11.8. The Kier molecular flexibility index (Phi) is 2.26. The number of aromatic amines is 1. The van der Waals surface area contributed by atoms with Gasteiger partial charge in [-0.1, -0.05) is 0 Å². The molecule has 3 rings (SSSR count). The van der Waals surface area contributed by atoms with Crippen molar-refractivity contribution in [3.63, 3.8) is 0 Å². The molecule has 0 radical (unpaired) electrons. The van der Waals surface area contributed by atoms with Gasteiger partial charge in [-0.15, -0.1) is 0 Å². The number of H-pyrrole nitrogens is 1. The molecule has 0 atom stereocenters. The topological polar surface area (TPSA) is 63.6 Å². The number of hydrogen-bond donors (Lipinski definition) is 1. The number of nitrogens with one attached hydrogen (secondary N) is 1. The summed E-state index contributed by atoms with van der Waals surface area (Å²) in [7, 11) is 1.78. The largest absolute Gasteiger partial charge is 0.273 e. The molecule has 1 N–H and O–H groups in total. The first kappa shape index (κ1) is 10.7. The molecule has 90 valence electrons. The molecule has 0 aliphatic carbocycles.